The average Bonchev–Trinajstić information content (AvgIpc) is 2.49. The van der Waals surface area contributed by atoms with Gasteiger partial charge in [-0.25, -0.2) is 4.79 Å². The summed E-state index contributed by atoms with van der Waals surface area (Å²) in [6, 6.07) is 4.81. The molecule has 3 N–H and O–H groups in total. The second-order valence-corrected chi connectivity index (χ2v) is 5.08. The highest BCUT2D eigenvalue weighted by atomic mass is 35.5. The molecule has 23 heavy (non-hydrogen) atoms. The van der Waals surface area contributed by atoms with Gasteiger partial charge in [-0.1, -0.05) is 23.2 Å². The normalized spacial score (nSPS) is 10.3. The Bertz CT molecular complexity index is 619. The first kappa shape index (κ1) is 18.8. The van der Waals surface area contributed by atoms with Crippen LogP contribution < -0.4 is 15.6 Å². The van der Waals surface area contributed by atoms with Crippen LogP contribution in [0.25, 0.3) is 0 Å². The van der Waals surface area contributed by atoms with Gasteiger partial charge in [0.05, 0.1) is 11.6 Å². The maximum Gasteiger partial charge on any atom is 0.328 e. The summed E-state index contributed by atoms with van der Waals surface area (Å²) in [5.41, 5.74) is 4.19. The van der Waals surface area contributed by atoms with Gasteiger partial charge < -0.3 is 9.84 Å². The number of carbonyl (C=O) groups excluding carboxylic acids is 2. The van der Waals surface area contributed by atoms with Crippen LogP contribution in [0, 0.1) is 0 Å². The van der Waals surface area contributed by atoms with E-state index < -0.39 is 17.8 Å². The number of nitrogens with one attached hydrogen (secondary N) is 2. The van der Waals surface area contributed by atoms with E-state index in [4.69, 9.17) is 33.0 Å². The van der Waals surface area contributed by atoms with Gasteiger partial charge in [0.2, 0.25) is 5.91 Å². The summed E-state index contributed by atoms with van der Waals surface area (Å²) in [6.07, 6.45) is 1.94. The van der Waals surface area contributed by atoms with Crippen LogP contribution in [0.2, 0.25) is 10.0 Å². The molecule has 2 amide bonds. The lowest BCUT2D eigenvalue weighted by Gasteiger charge is -2.08. The van der Waals surface area contributed by atoms with Crippen LogP contribution in [0.4, 0.5) is 0 Å². The quantitative estimate of drug-likeness (QED) is 0.391. The molecule has 1 aromatic rings. The van der Waals surface area contributed by atoms with Crippen molar-refractivity contribution in [2.45, 2.75) is 12.8 Å². The number of benzene rings is 1. The molecule has 1 aromatic carbocycles. The minimum absolute atomic E-state index is 0.105. The van der Waals surface area contributed by atoms with Crippen LogP contribution in [0.1, 0.15) is 12.8 Å². The molecule has 0 aliphatic heterocycles. The fourth-order valence-corrected chi connectivity index (χ4v) is 1.85. The third-order valence-corrected chi connectivity index (χ3v) is 2.93. The molecule has 0 aliphatic rings. The Balaban J connectivity index is 2.21. The van der Waals surface area contributed by atoms with E-state index in [0.717, 1.165) is 6.08 Å². The third-order valence-electron chi connectivity index (χ3n) is 2.40. The van der Waals surface area contributed by atoms with E-state index in [1.54, 1.807) is 18.2 Å². The first-order chi connectivity index (χ1) is 10.9. The van der Waals surface area contributed by atoms with E-state index in [2.05, 4.69) is 5.43 Å². The molecule has 0 bridgehead atoms. The summed E-state index contributed by atoms with van der Waals surface area (Å²) in [6.45, 7) is 0.252. The summed E-state index contributed by atoms with van der Waals surface area (Å²) in [5.74, 6) is -1.98. The third kappa shape index (κ3) is 8.08. The van der Waals surface area contributed by atoms with Crippen molar-refractivity contribution in [2.24, 2.45) is 0 Å². The second-order valence-electron chi connectivity index (χ2n) is 4.24. The maximum absolute atomic E-state index is 11.4. The van der Waals surface area contributed by atoms with Crippen molar-refractivity contribution in [3.63, 3.8) is 0 Å². The molecule has 0 aromatic heterocycles. The molecule has 0 unspecified atom stereocenters. The molecule has 0 aliphatic carbocycles. The predicted molar refractivity (Wildman–Crippen MR) is 84.3 cm³/mol. The van der Waals surface area contributed by atoms with Gasteiger partial charge >= 0.3 is 5.97 Å². The molecular weight excluding hydrogens is 347 g/mol. The van der Waals surface area contributed by atoms with Crippen molar-refractivity contribution < 1.29 is 24.2 Å². The van der Waals surface area contributed by atoms with Gasteiger partial charge in [-0.2, -0.15) is 0 Å². The standard InChI is InChI=1S/C14H14Cl2N2O5/c15-9-3-4-11(10(16)8-9)23-7-1-2-12(19)17-18-13(20)5-6-14(21)22/h3-6,8H,1-2,7H2,(H,17,19)(H,18,20)(H,21,22). The van der Waals surface area contributed by atoms with E-state index in [1.165, 1.54) is 0 Å². The van der Waals surface area contributed by atoms with Crippen LogP contribution in [0.15, 0.2) is 30.4 Å². The lowest BCUT2D eigenvalue weighted by atomic mass is 10.3. The highest BCUT2D eigenvalue weighted by Crippen LogP contribution is 2.27. The van der Waals surface area contributed by atoms with Gasteiger partial charge in [-0.3, -0.25) is 20.4 Å². The summed E-state index contributed by atoms with van der Waals surface area (Å²) < 4.78 is 5.40. The number of carboxylic acid groups (broad SMARTS) is 1. The van der Waals surface area contributed by atoms with E-state index in [1.807, 2.05) is 5.43 Å². The number of ether oxygens (including phenoxy) is 1. The summed E-state index contributed by atoms with van der Waals surface area (Å²) in [5, 5.41) is 9.20. The topological polar surface area (TPSA) is 105 Å². The number of rotatable bonds is 7. The Labute approximate surface area is 142 Å². The number of halogens is 2. The Morgan fingerprint density at radius 2 is 1.91 bits per heavy atom. The first-order valence-electron chi connectivity index (χ1n) is 6.46. The van der Waals surface area contributed by atoms with Gasteiger partial charge in [-0.15, -0.1) is 0 Å². The molecular formula is C14H14Cl2N2O5. The average molecular weight is 361 g/mol. The smallest absolute Gasteiger partial charge is 0.328 e. The Hall–Kier alpha value is -2.25. The van der Waals surface area contributed by atoms with Crippen molar-refractivity contribution in [3.8, 4) is 5.75 Å². The van der Waals surface area contributed by atoms with Gasteiger partial charge in [0.1, 0.15) is 5.75 Å². The monoisotopic (exact) mass is 360 g/mol. The molecule has 0 radical (unpaired) electrons. The molecule has 0 saturated carbocycles. The van der Waals surface area contributed by atoms with Crippen molar-refractivity contribution >= 4 is 41.0 Å². The molecule has 0 heterocycles. The number of hydrogen-bond acceptors (Lipinski definition) is 4. The zero-order valence-electron chi connectivity index (χ0n) is 11.8. The van der Waals surface area contributed by atoms with Gasteiger partial charge in [0.15, 0.2) is 0 Å². The van der Waals surface area contributed by atoms with Gasteiger partial charge in [0.25, 0.3) is 5.91 Å². The molecule has 124 valence electrons. The van der Waals surface area contributed by atoms with Crippen molar-refractivity contribution in [3.05, 3.63) is 40.4 Å². The van der Waals surface area contributed by atoms with Gasteiger partial charge in [0, 0.05) is 23.6 Å². The molecule has 1 rings (SSSR count). The highest BCUT2D eigenvalue weighted by Gasteiger charge is 2.05. The summed E-state index contributed by atoms with van der Waals surface area (Å²) in [7, 11) is 0. The molecule has 0 fully saturated rings. The lowest BCUT2D eigenvalue weighted by molar-refractivity contribution is -0.131. The molecule has 0 spiro atoms. The summed E-state index contributed by atoms with van der Waals surface area (Å²) >= 11 is 11.7. The zero-order valence-corrected chi connectivity index (χ0v) is 13.4. The minimum Gasteiger partial charge on any atom is -0.492 e. The van der Waals surface area contributed by atoms with Gasteiger partial charge in [-0.05, 0) is 24.6 Å². The van der Waals surface area contributed by atoms with Crippen LogP contribution >= 0.6 is 23.2 Å². The molecule has 7 nitrogen and oxygen atoms in total. The molecule has 0 atom stereocenters. The van der Waals surface area contributed by atoms with Crippen LogP contribution in [0.5, 0.6) is 5.75 Å². The lowest BCUT2D eigenvalue weighted by Crippen LogP contribution is -2.40. The SMILES string of the molecule is O=C(O)C=CC(=O)NNC(=O)CCCOc1ccc(Cl)cc1Cl. The van der Waals surface area contributed by atoms with E-state index in [9.17, 15) is 14.4 Å². The van der Waals surface area contributed by atoms with E-state index in [-0.39, 0.29) is 13.0 Å². The van der Waals surface area contributed by atoms with Crippen molar-refractivity contribution in [1.29, 1.82) is 0 Å². The molecule has 9 heteroatoms. The fourth-order valence-electron chi connectivity index (χ4n) is 1.39. The number of hydrogen-bond donors (Lipinski definition) is 3. The van der Waals surface area contributed by atoms with Crippen molar-refractivity contribution in [2.75, 3.05) is 6.61 Å². The second kappa shape index (κ2) is 9.70. The maximum atomic E-state index is 11.4. The Morgan fingerprint density at radius 1 is 1.17 bits per heavy atom. The van der Waals surface area contributed by atoms with Crippen LogP contribution in [-0.4, -0.2) is 29.5 Å². The number of carboxylic acids is 1. The largest absolute Gasteiger partial charge is 0.492 e. The Morgan fingerprint density at radius 3 is 2.57 bits per heavy atom. The number of hydrazine groups is 1. The van der Waals surface area contributed by atoms with Crippen molar-refractivity contribution in [1.82, 2.24) is 10.9 Å². The van der Waals surface area contributed by atoms with Crippen LogP contribution in [-0.2, 0) is 14.4 Å². The fraction of sp³-hybridized carbons (Fsp3) is 0.214. The first-order valence-corrected chi connectivity index (χ1v) is 7.21. The summed E-state index contributed by atoms with van der Waals surface area (Å²) in [4.78, 5) is 32.7. The zero-order chi connectivity index (χ0) is 17.2. The number of amides is 2. The highest BCUT2D eigenvalue weighted by molar-refractivity contribution is 6.35. The number of aliphatic carboxylic acids is 1. The predicted octanol–water partition coefficient (Wildman–Crippen LogP) is 1.94. The molecule has 0 saturated heterocycles. The van der Waals surface area contributed by atoms with Crippen LogP contribution in [0.3, 0.4) is 0 Å². The number of carbonyl (C=O) groups is 3. The van der Waals surface area contributed by atoms with E-state index in [0.29, 0.717) is 28.3 Å². The van der Waals surface area contributed by atoms with E-state index >= 15 is 0 Å². The minimum atomic E-state index is -1.26. The Kier molecular flexibility index (Phi) is 7.93.